The van der Waals surface area contributed by atoms with E-state index in [1.54, 1.807) is 7.05 Å². The molecule has 6 nitrogen and oxygen atoms in total. The van der Waals surface area contributed by atoms with Crippen LogP contribution < -0.4 is 5.32 Å². The number of nitrogens with zero attached hydrogens (tertiary/aromatic N) is 2. The number of hydrogen-bond acceptors (Lipinski definition) is 3. The van der Waals surface area contributed by atoms with Gasteiger partial charge >= 0.3 is 5.97 Å². The molecule has 0 aliphatic carbocycles. The van der Waals surface area contributed by atoms with Crippen LogP contribution in [-0.4, -0.2) is 55.1 Å². The van der Waals surface area contributed by atoms with E-state index in [1.165, 1.54) is 22.0 Å². The van der Waals surface area contributed by atoms with Crippen LogP contribution in [0, 0.1) is 12.8 Å². The second kappa shape index (κ2) is 10.7. The molecule has 0 amide bonds. The number of halogens is 1. The van der Waals surface area contributed by atoms with Gasteiger partial charge in [-0.1, -0.05) is 12.1 Å². The summed E-state index contributed by atoms with van der Waals surface area (Å²) in [6.07, 6.45) is 4.87. The van der Waals surface area contributed by atoms with E-state index in [9.17, 15) is 4.79 Å². The molecule has 0 spiro atoms. The lowest BCUT2D eigenvalue weighted by Gasteiger charge is -2.33. The van der Waals surface area contributed by atoms with Crippen molar-refractivity contribution < 1.29 is 9.53 Å². The molecule has 0 radical (unpaired) electrons. The Morgan fingerprint density at radius 3 is 3.00 bits per heavy atom. The molecule has 1 aliphatic heterocycles. The van der Waals surface area contributed by atoms with Crippen molar-refractivity contribution in [3.8, 4) is 0 Å². The van der Waals surface area contributed by atoms with Gasteiger partial charge in [-0.3, -0.25) is 9.79 Å². The lowest BCUT2D eigenvalue weighted by molar-refractivity contribution is -0.149. The molecule has 154 valence electrons. The molecule has 1 aliphatic rings. The molecule has 3 rings (SSSR count). The van der Waals surface area contributed by atoms with Gasteiger partial charge in [-0.05, 0) is 50.3 Å². The number of likely N-dealkylation sites (tertiary alicyclic amines) is 1. The topological polar surface area (TPSA) is 69.7 Å². The highest BCUT2D eigenvalue weighted by atomic mass is 127. The predicted octanol–water partition coefficient (Wildman–Crippen LogP) is 3.49. The molecule has 1 aromatic carbocycles. The molecule has 1 saturated heterocycles. The molecule has 2 heterocycles. The SMILES string of the molecule is CCOC(=O)C1CCCN(C(=NC)NCCc2c[nH]c3cc(C)ccc23)C1.I. The number of nitrogens with one attached hydrogen (secondary N) is 2. The fourth-order valence-corrected chi connectivity index (χ4v) is 3.77. The molecule has 1 unspecified atom stereocenters. The van der Waals surface area contributed by atoms with Crippen LogP contribution >= 0.6 is 24.0 Å². The number of aryl methyl sites for hydroxylation is 1. The summed E-state index contributed by atoms with van der Waals surface area (Å²) in [5.74, 6) is 0.709. The number of carbonyl (C=O) groups is 1. The first-order chi connectivity index (χ1) is 13.1. The number of fused-ring (bicyclic) bond motifs is 1. The minimum atomic E-state index is -0.0910. The van der Waals surface area contributed by atoms with E-state index in [1.807, 2.05) is 6.92 Å². The zero-order valence-electron chi connectivity index (χ0n) is 17.0. The Kier molecular flexibility index (Phi) is 8.59. The highest BCUT2D eigenvalue weighted by Crippen LogP contribution is 2.20. The summed E-state index contributed by atoms with van der Waals surface area (Å²) in [4.78, 5) is 22.0. The Balaban J connectivity index is 0.00000280. The number of guanidine groups is 1. The number of rotatable bonds is 5. The average molecular weight is 498 g/mol. The zero-order chi connectivity index (χ0) is 19.2. The van der Waals surface area contributed by atoms with Gasteiger partial charge in [-0.15, -0.1) is 24.0 Å². The van der Waals surface area contributed by atoms with Gasteiger partial charge in [-0.25, -0.2) is 0 Å². The molecule has 0 bridgehead atoms. The number of esters is 1. The fraction of sp³-hybridized carbons (Fsp3) is 0.524. The normalized spacial score (nSPS) is 17.3. The van der Waals surface area contributed by atoms with Crippen molar-refractivity contribution in [2.24, 2.45) is 10.9 Å². The Morgan fingerprint density at radius 1 is 1.43 bits per heavy atom. The van der Waals surface area contributed by atoms with Crippen molar-refractivity contribution in [1.29, 1.82) is 0 Å². The zero-order valence-corrected chi connectivity index (χ0v) is 19.3. The van der Waals surface area contributed by atoms with Gasteiger partial charge < -0.3 is 19.9 Å². The van der Waals surface area contributed by atoms with E-state index in [4.69, 9.17) is 4.74 Å². The second-order valence-electron chi connectivity index (χ2n) is 7.12. The van der Waals surface area contributed by atoms with Crippen molar-refractivity contribution in [2.75, 3.05) is 33.3 Å². The monoisotopic (exact) mass is 498 g/mol. The first-order valence-corrected chi connectivity index (χ1v) is 9.81. The quantitative estimate of drug-likeness (QED) is 0.287. The minimum Gasteiger partial charge on any atom is -0.466 e. The molecule has 7 heteroatoms. The van der Waals surface area contributed by atoms with Crippen molar-refractivity contribution in [3.05, 3.63) is 35.5 Å². The summed E-state index contributed by atoms with van der Waals surface area (Å²) < 4.78 is 5.19. The summed E-state index contributed by atoms with van der Waals surface area (Å²) in [6.45, 7) is 6.78. The van der Waals surface area contributed by atoms with Crippen LogP contribution in [0.5, 0.6) is 0 Å². The van der Waals surface area contributed by atoms with Crippen LogP contribution in [0.3, 0.4) is 0 Å². The molecule has 1 atom stereocenters. The number of carbonyl (C=O) groups excluding carboxylic acids is 1. The van der Waals surface area contributed by atoms with Gasteiger partial charge in [0.2, 0.25) is 0 Å². The van der Waals surface area contributed by atoms with Crippen LogP contribution in [0.4, 0.5) is 0 Å². The molecule has 0 saturated carbocycles. The maximum atomic E-state index is 12.1. The van der Waals surface area contributed by atoms with E-state index >= 15 is 0 Å². The number of benzene rings is 1. The Bertz CT molecular complexity index is 818. The number of hydrogen-bond donors (Lipinski definition) is 2. The van der Waals surface area contributed by atoms with E-state index in [0.717, 1.165) is 38.3 Å². The van der Waals surface area contributed by atoms with E-state index in [0.29, 0.717) is 13.2 Å². The minimum absolute atomic E-state index is 0. The number of piperidine rings is 1. The van der Waals surface area contributed by atoms with Gasteiger partial charge in [0.25, 0.3) is 0 Å². The van der Waals surface area contributed by atoms with Gasteiger partial charge in [-0.2, -0.15) is 0 Å². The molecule has 28 heavy (non-hydrogen) atoms. The van der Waals surface area contributed by atoms with E-state index in [-0.39, 0.29) is 35.9 Å². The molecule has 1 fully saturated rings. The van der Waals surface area contributed by atoms with Crippen LogP contribution in [0.15, 0.2) is 29.4 Å². The average Bonchev–Trinajstić information content (AvgIpc) is 3.07. The summed E-state index contributed by atoms with van der Waals surface area (Å²) in [5.41, 5.74) is 3.74. The molecular formula is C21H31IN4O2. The van der Waals surface area contributed by atoms with Crippen molar-refractivity contribution in [2.45, 2.75) is 33.1 Å². The van der Waals surface area contributed by atoms with E-state index < -0.39 is 0 Å². The third kappa shape index (κ3) is 5.40. The third-order valence-corrected chi connectivity index (χ3v) is 5.15. The Hall–Kier alpha value is -1.77. The maximum Gasteiger partial charge on any atom is 0.310 e. The fourth-order valence-electron chi connectivity index (χ4n) is 3.77. The Labute approximate surface area is 184 Å². The third-order valence-electron chi connectivity index (χ3n) is 5.15. The van der Waals surface area contributed by atoms with Gasteiger partial charge in [0.1, 0.15) is 0 Å². The van der Waals surface area contributed by atoms with Crippen molar-refractivity contribution in [1.82, 2.24) is 15.2 Å². The molecule has 1 aromatic heterocycles. The number of aromatic nitrogens is 1. The molecule has 2 aromatic rings. The number of aliphatic imine (C=N–C) groups is 1. The summed E-state index contributed by atoms with van der Waals surface area (Å²) in [6, 6.07) is 6.50. The Morgan fingerprint density at radius 2 is 2.25 bits per heavy atom. The van der Waals surface area contributed by atoms with Crippen molar-refractivity contribution in [3.63, 3.8) is 0 Å². The first kappa shape index (κ1) is 22.5. The summed E-state index contributed by atoms with van der Waals surface area (Å²) in [5, 5.41) is 4.73. The largest absolute Gasteiger partial charge is 0.466 e. The van der Waals surface area contributed by atoms with Gasteiger partial charge in [0.15, 0.2) is 5.96 Å². The van der Waals surface area contributed by atoms with Crippen LogP contribution in [-0.2, 0) is 16.0 Å². The van der Waals surface area contributed by atoms with Crippen molar-refractivity contribution >= 4 is 46.8 Å². The molecular weight excluding hydrogens is 467 g/mol. The van der Waals surface area contributed by atoms with Gasteiger partial charge in [0.05, 0.1) is 12.5 Å². The highest BCUT2D eigenvalue weighted by molar-refractivity contribution is 14.0. The summed E-state index contributed by atoms with van der Waals surface area (Å²) in [7, 11) is 1.80. The first-order valence-electron chi connectivity index (χ1n) is 9.81. The van der Waals surface area contributed by atoms with Crippen LogP contribution in [0.25, 0.3) is 10.9 Å². The van der Waals surface area contributed by atoms with Crippen LogP contribution in [0.2, 0.25) is 0 Å². The second-order valence-corrected chi connectivity index (χ2v) is 7.12. The number of aromatic amines is 1. The number of H-pyrrole nitrogens is 1. The highest BCUT2D eigenvalue weighted by Gasteiger charge is 2.28. The van der Waals surface area contributed by atoms with Gasteiger partial charge in [0, 0.05) is 43.8 Å². The standard InChI is InChI=1S/C21H30N4O2.HI/c1-4-27-20(26)17-6-5-11-25(14-17)21(22-3)23-10-9-16-13-24-19-12-15(2)7-8-18(16)19;/h7-8,12-13,17,24H,4-6,9-11,14H2,1-3H3,(H,22,23);1H. The smallest absolute Gasteiger partial charge is 0.310 e. The van der Waals surface area contributed by atoms with E-state index in [2.05, 4.69) is 51.5 Å². The summed E-state index contributed by atoms with van der Waals surface area (Å²) >= 11 is 0. The lowest BCUT2D eigenvalue weighted by atomic mass is 9.98. The number of ether oxygens (including phenoxy) is 1. The predicted molar refractivity (Wildman–Crippen MR) is 124 cm³/mol. The maximum absolute atomic E-state index is 12.1. The lowest BCUT2D eigenvalue weighted by Crippen LogP contribution is -2.48. The molecule has 2 N–H and O–H groups in total. The van der Waals surface area contributed by atoms with Crippen LogP contribution in [0.1, 0.15) is 30.9 Å².